The van der Waals surface area contributed by atoms with E-state index in [4.69, 9.17) is 0 Å². The summed E-state index contributed by atoms with van der Waals surface area (Å²) >= 11 is 0. The number of rotatable bonds is 3. The van der Waals surface area contributed by atoms with Crippen molar-refractivity contribution in [2.75, 3.05) is 0 Å². The molecule has 3 nitrogen and oxygen atoms in total. The van der Waals surface area contributed by atoms with Crippen molar-refractivity contribution in [3.05, 3.63) is 53.1 Å². The van der Waals surface area contributed by atoms with E-state index in [1.54, 1.807) is 12.5 Å². The molecule has 0 amide bonds. The first kappa shape index (κ1) is 11.9. The molecule has 1 aromatic carbocycles. The van der Waals surface area contributed by atoms with Crippen LogP contribution in [0.1, 0.15) is 35.4 Å². The van der Waals surface area contributed by atoms with Crippen LogP contribution in [0.15, 0.2) is 30.7 Å². The van der Waals surface area contributed by atoms with Gasteiger partial charge in [0.2, 0.25) is 0 Å². The number of nitrogens with zero attached hydrogens (tertiary/aromatic N) is 2. The van der Waals surface area contributed by atoms with Gasteiger partial charge in [-0.2, -0.15) is 0 Å². The van der Waals surface area contributed by atoms with Crippen molar-refractivity contribution < 1.29 is 5.11 Å². The summed E-state index contributed by atoms with van der Waals surface area (Å²) in [5, 5.41) is 10.3. The summed E-state index contributed by atoms with van der Waals surface area (Å²) in [6.45, 7) is 6.99. The quantitative estimate of drug-likeness (QED) is 0.880. The van der Waals surface area contributed by atoms with Crippen molar-refractivity contribution in [1.29, 1.82) is 0 Å². The fraction of sp³-hybridized carbons (Fsp3) is 0.357. The lowest BCUT2D eigenvalue weighted by Crippen LogP contribution is -2.07. The number of benzene rings is 1. The van der Waals surface area contributed by atoms with Gasteiger partial charge in [-0.05, 0) is 37.5 Å². The molecule has 0 aliphatic heterocycles. The van der Waals surface area contributed by atoms with Crippen molar-refractivity contribution in [2.45, 2.75) is 33.4 Å². The average molecular weight is 230 g/mol. The normalized spacial score (nSPS) is 12.7. The predicted octanol–water partition coefficient (Wildman–Crippen LogP) is 2.60. The van der Waals surface area contributed by atoms with Crippen LogP contribution in [0.3, 0.4) is 0 Å². The van der Waals surface area contributed by atoms with Crippen LogP contribution in [0.25, 0.3) is 0 Å². The van der Waals surface area contributed by atoms with E-state index in [2.05, 4.69) is 18.8 Å². The Bertz CT molecular complexity index is 517. The van der Waals surface area contributed by atoms with Gasteiger partial charge in [-0.3, -0.25) is 0 Å². The molecule has 90 valence electrons. The second kappa shape index (κ2) is 4.72. The van der Waals surface area contributed by atoms with Crippen LogP contribution in [-0.2, 0) is 6.54 Å². The average Bonchev–Trinajstić information content (AvgIpc) is 2.80. The smallest absolute Gasteiger partial charge is 0.121 e. The molecule has 0 saturated heterocycles. The Hall–Kier alpha value is -1.61. The molecule has 1 heterocycles. The molecular formula is C14H18N2O. The van der Waals surface area contributed by atoms with Gasteiger partial charge in [0, 0.05) is 6.54 Å². The van der Waals surface area contributed by atoms with Crippen molar-refractivity contribution in [3.8, 4) is 0 Å². The minimum Gasteiger partial charge on any atom is -0.382 e. The van der Waals surface area contributed by atoms with Crippen LogP contribution in [0.5, 0.6) is 0 Å². The molecule has 0 aliphatic rings. The monoisotopic (exact) mass is 230 g/mol. The van der Waals surface area contributed by atoms with Gasteiger partial charge in [0.05, 0.1) is 18.2 Å². The van der Waals surface area contributed by atoms with Gasteiger partial charge in [-0.25, -0.2) is 4.98 Å². The molecule has 0 radical (unpaired) electrons. The van der Waals surface area contributed by atoms with Gasteiger partial charge < -0.3 is 9.67 Å². The molecule has 1 unspecified atom stereocenters. The van der Waals surface area contributed by atoms with Crippen LogP contribution in [-0.4, -0.2) is 14.7 Å². The molecule has 0 spiro atoms. The first-order valence-electron chi connectivity index (χ1n) is 5.88. The zero-order chi connectivity index (χ0) is 12.4. The van der Waals surface area contributed by atoms with E-state index < -0.39 is 6.10 Å². The van der Waals surface area contributed by atoms with Crippen LogP contribution < -0.4 is 0 Å². The first-order valence-corrected chi connectivity index (χ1v) is 5.88. The van der Waals surface area contributed by atoms with Gasteiger partial charge in [-0.1, -0.05) is 18.2 Å². The highest BCUT2D eigenvalue weighted by Gasteiger charge is 2.14. The van der Waals surface area contributed by atoms with E-state index in [0.29, 0.717) is 0 Å². The van der Waals surface area contributed by atoms with Gasteiger partial charge >= 0.3 is 0 Å². The van der Waals surface area contributed by atoms with Gasteiger partial charge in [0.15, 0.2) is 0 Å². The highest BCUT2D eigenvalue weighted by molar-refractivity contribution is 5.33. The van der Waals surface area contributed by atoms with Gasteiger partial charge in [-0.15, -0.1) is 0 Å². The SMILES string of the molecule is CCn1cncc1C(O)c1ccc(C)c(C)c1. The Morgan fingerprint density at radius 1 is 1.29 bits per heavy atom. The highest BCUT2D eigenvalue weighted by atomic mass is 16.3. The standard InChI is InChI=1S/C14H18N2O/c1-4-16-9-15-8-13(16)14(17)12-6-5-10(2)11(3)7-12/h5-9,14,17H,4H2,1-3H3. The Morgan fingerprint density at radius 2 is 2.06 bits per heavy atom. The molecule has 2 aromatic rings. The van der Waals surface area contributed by atoms with Crippen LogP contribution in [0.4, 0.5) is 0 Å². The summed E-state index contributed by atoms with van der Waals surface area (Å²) in [7, 11) is 0. The molecule has 0 aliphatic carbocycles. The van der Waals surface area contributed by atoms with Crippen molar-refractivity contribution in [3.63, 3.8) is 0 Å². The highest BCUT2D eigenvalue weighted by Crippen LogP contribution is 2.23. The third kappa shape index (κ3) is 2.24. The number of imidazole rings is 1. The molecule has 2 rings (SSSR count). The first-order chi connectivity index (χ1) is 8.13. The lowest BCUT2D eigenvalue weighted by Gasteiger charge is -2.14. The van der Waals surface area contributed by atoms with E-state index in [-0.39, 0.29) is 0 Å². The maximum Gasteiger partial charge on any atom is 0.121 e. The number of aliphatic hydroxyl groups is 1. The summed E-state index contributed by atoms with van der Waals surface area (Å²) in [5.74, 6) is 0. The Labute approximate surface area is 102 Å². The summed E-state index contributed by atoms with van der Waals surface area (Å²) in [6.07, 6.45) is 2.87. The molecule has 1 N–H and O–H groups in total. The second-order valence-corrected chi connectivity index (χ2v) is 4.35. The van der Waals surface area contributed by atoms with E-state index in [9.17, 15) is 5.11 Å². The maximum absolute atomic E-state index is 10.3. The summed E-state index contributed by atoms with van der Waals surface area (Å²) in [5.41, 5.74) is 4.20. The van der Waals surface area contributed by atoms with Crippen molar-refractivity contribution >= 4 is 0 Å². The number of aryl methyl sites for hydroxylation is 3. The van der Waals surface area contributed by atoms with E-state index in [0.717, 1.165) is 17.8 Å². The largest absolute Gasteiger partial charge is 0.382 e. The molecular weight excluding hydrogens is 212 g/mol. The summed E-state index contributed by atoms with van der Waals surface area (Å²) in [6, 6.07) is 6.05. The van der Waals surface area contributed by atoms with E-state index in [1.807, 2.05) is 29.7 Å². The predicted molar refractivity (Wildman–Crippen MR) is 67.9 cm³/mol. The fourth-order valence-electron chi connectivity index (χ4n) is 1.93. The number of hydrogen-bond acceptors (Lipinski definition) is 2. The third-order valence-electron chi connectivity index (χ3n) is 3.21. The van der Waals surface area contributed by atoms with Crippen molar-refractivity contribution in [2.24, 2.45) is 0 Å². The lowest BCUT2D eigenvalue weighted by molar-refractivity contribution is 0.210. The molecule has 17 heavy (non-hydrogen) atoms. The van der Waals surface area contributed by atoms with Crippen molar-refractivity contribution in [1.82, 2.24) is 9.55 Å². The molecule has 1 aromatic heterocycles. The number of aromatic nitrogens is 2. The minimum absolute atomic E-state index is 0.600. The van der Waals surface area contributed by atoms with Gasteiger partial charge in [0.25, 0.3) is 0 Å². The fourth-order valence-corrected chi connectivity index (χ4v) is 1.93. The molecule has 0 saturated carbocycles. The lowest BCUT2D eigenvalue weighted by atomic mass is 10.0. The number of aliphatic hydroxyl groups excluding tert-OH is 1. The second-order valence-electron chi connectivity index (χ2n) is 4.35. The van der Waals surface area contributed by atoms with Crippen LogP contribution >= 0.6 is 0 Å². The summed E-state index contributed by atoms with van der Waals surface area (Å²) < 4.78 is 1.96. The Kier molecular flexibility index (Phi) is 3.29. The van der Waals surface area contributed by atoms with Gasteiger partial charge in [0.1, 0.15) is 6.10 Å². The Balaban J connectivity index is 2.36. The molecule has 1 atom stereocenters. The minimum atomic E-state index is -0.600. The van der Waals surface area contributed by atoms with E-state index >= 15 is 0 Å². The molecule has 0 bridgehead atoms. The zero-order valence-electron chi connectivity index (χ0n) is 10.5. The maximum atomic E-state index is 10.3. The number of hydrogen-bond donors (Lipinski definition) is 1. The zero-order valence-corrected chi connectivity index (χ0v) is 10.5. The Morgan fingerprint density at radius 3 is 2.71 bits per heavy atom. The summed E-state index contributed by atoms with van der Waals surface area (Å²) in [4.78, 5) is 4.08. The topological polar surface area (TPSA) is 38.0 Å². The van der Waals surface area contributed by atoms with E-state index in [1.165, 1.54) is 11.1 Å². The van der Waals surface area contributed by atoms with Crippen LogP contribution in [0, 0.1) is 13.8 Å². The molecule has 3 heteroatoms. The third-order valence-corrected chi connectivity index (χ3v) is 3.21. The molecule has 0 fully saturated rings. The van der Waals surface area contributed by atoms with Crippen LogP contribution in [0.2, 0.25) is 0 Å².